The molecule has 0 N–H and O–H groups in total. The Hall–Kier alpha value is -3.93. The summed E-state index contributed by atoms with van der Waals surface area (Å²) in [5.41, 5.74) is 0. The topological polar surface area (TPSA) is 78.9 Å². The van der Waals surface area contributed by atoms with Crippen LogP contribution < -0.4 is 0 Å². The van der Waals surface area contributed by atoms with Crippen molar-refractivity contribution in [1.82, 2.24) is 0 Å². The van der Waals surface area contributed by atoms with E-state index in [-0.39, 0.29) is 37.5 Å². The first-order chi connectivity index (χ1) is 28.0. The molecule has 0 saturated carbocycles. The lowest BCUT2D eigenvalue weighted by molar-refractivity contribution is -0.167. The monoisotopic (exact) mass is 789 g/mol. The van der Waals surface area contributed by atoms with Gasteiger partial charge in [-0.05, 0) is 77.0 Å². The zero-order valence-corrected chi connectivity index (χ0v) is 36.3. The van der Waals surface area contributed by atoms with E-state index < -0.39 is 6.10 Å². The van der Waals surface area contributed by atoms with Gasteiger partial charge in [0.2, 0.25) is 0 Å². The van der Waals surface area contributed by atoms with Crippen molar-refractivity contribution in [2.45, 2.75) is 181 Å². The van der Waals surface area contributed by atoms with Gasteiger partial charge >= 0.3 is 17.9 Å². The van der Waals surface area contributed by atoms with E-state index in [9.17, 15) is 14.4 Å². The van der Waals surface area contributed by atoms with Gasteiger partial charge in [-0.1, -0.05) is 188 Å². The molecule has 0 fully saturated rings. The van der Waals surface area contributed by atoms with Crippen molar-refractivity contribution >= 4 is 17.9 Å². The molecule has 320 valence electrons. The quantitative estimate of drug-likeness (QED) is 0.0204. The first kappa shape index (κ1) is 53.1. The summed E-state index contributed by atoms with van der Waals surface area (Å²) < 4.78 is 16.6. The van der Waals surface area contributed by atoms with Gasteiger partial charge in [0.15, 0.2) is 6.10 Å². The predicted octanol–water partition coefficient (Wildman–Crippen LogP) is 14.4. The van der Waals surface area contributed by atoms with Gasteiger partial charge in [0, 0.05) is 19.3 Å². The Labute approximate surface area is 349 Å². The minimum atomic E-state index is -0.809. The van der Waals surface area contributed by atoms with Crippen LogP contribution in [-0.4, -0.2) is 37.2 Å². The summed E-state index contributed by atoms with van der Waals surface area (Å²) in [7, 11) is 0. The maximum absolute atomic E-state index is 12.7. The Kier molecular flexibility index (Phi) is 41.7. The third-order valence-electron chi connectivity index (χ3n) is 8.93. The molecule has 0 spiro atoms. The van der Waals surface area contributed by atoms with Crippen molar-refractivity contribution in [2.75, 3.05) is 13.2 Å². The number of rotatable bonds is 38. The minimum Gasteiger partial charge on any atom is -0.462 e. The number of allylic oxidation sites excluding steroid dienone is 18. The van der Waals surface area contributed by atoms with Gasteiger partial charge in [-0.15, -0.1) is 0 Å². The van der Waals surface area contributed by atoms with Gasteiger partial charge in [-0.3, -0.25) is 14.4 Å². The highest BCUT2D eigenvalue weighted by Crippen LogP contribution is 2.12. The summed E-state index contributed by atoms with van der Waals surface area (Å²) in [4.78, 5) is 37.7. The molecule has 0 heterocycles. The van der Waals surface area contributed by atoms with Crippen LogP contribution in [0.15, 0.2) is 109 Å². The Bertz CT molecular complexity index is 1230. The van der Waals surface area contributed by atoms with E-state index in [2.05, 4.69) is 75.5 Å². The van der Waals surface area contributed by atoms with Crippen LogP contribution in [0.4, 0.5) is 0 Å². The second kappa shape index (κ2) is 44.8. The van der Waals surface area contributed by atoms with Gasteiger partial charge in [-0.25, -0.2) is 0 Å². The molecule has 0 radical (unpaired) electrons. The SMILES string of the molecule is CC\C=C/C=C\C=C/C=C\C=C/CCCCCC(=O)OCC(COC(=O)CCCCCCC/C=C\CCCC)OC(=O)CCCCCCC\C=C/C=C\C=C/CC. The van der Waals surface area contributed by atoms with Crippen LogP contribution in [0.1, 0.15) is 175 Å². The third-order valence-corrected chi connectivity index (χ3v) is 8.93. The second-order valence-corrected chi connectivity index (χ2v) is 14.4. The van der Waals surface area contributed by atoms with Crippen LogP contribution in [0.2, 0.25) is 0 Å². The zero-order valence-electron chi connectivity index (χ0n) is 36.3. The van der Waals surface area contributed by atoms with Gasteiger partial charge in [-0.2, -0.15) is 0 Å². The Balaban J connectivity index is 4.54. The van der Waals surface area contributed by atoms with E-state index in [1.54, 1.807) is 0 Å². The summed E-state index contributed by atoms with van der Waals surface area (Å²) in [5.74, 6) is -0.994. The Morgan fingerprint density at radius 3 is 1.14 bits per heavy atom. The van der Waals surface area contributed by atoms with E-state index in [0.29, 0.717) is 12.8 Å². The number of hydrogen-bond acceptors (Lipinski definition) is 6. The van der Waals surface area contributed by atoms with Crippen LogP contribution >= 0.6 is 0 Å². The zero-order chi connectivity index (χ0) is 41.5. The number of unbranched alkanes of at least 4 members (excludes halogenated alkanes) is 15. The van der Waals surface area contributed by atoms with Gasteiger partial charge in [0.05, 0.1) is 0 Å². The average molecular weight is 789 g/mol. The molecule has 0 aliphatic heterocycles. The second-order valence-electron chi connectivity index (χ2n) is 14.4. The van der Waals surface area contributed by atoms with Gasteiger partial charge < -0.3 is 14.2 Å². The normalized spacial score (nSPS) is 13.1. The number of carbonyl (C=O) groups is 3. The smallest absolute Gasteiger partial charge is 0.306 e. The van der Waals surface area contributed by atoms with E-state index in [0.717, 1.165) is 109 Å². The highest BCUT2D eigenvalue weighted by Gasteiger charge is 2.19. The van der Waals surface area contributed by atoms with E-state index in [4.69, 9.17) is 14.2 Å². The number of hydrogen-bond donors (Lipinski definition) is 0. The largest absolute Gasteiger partial charge is 0.462 e. The highest BCUT2D eigenvalue weighted by atomic mass is 16.6. The summed E-state index contributed by atoms with van der Waals surface area (Å²) >= 11 is 0. The first-order valence-electron chi connectivity index (χ1n) is 22.5. The van der Waals surface area contributed by atoms with E-state index in [1.807, 2.05) is 54.7 Å². The molecule has 1 atom stereocenters. The Morgan fingerprint density at radius 1 is 0.368 bits per heavy atom. The lowest BCUT2D eigenvalue weighted by atomic mass is 10.1. The molecule has 57 heavy (non-hydrogen) atoms. The Morgan fingerprint density at radius 2 is 0.702 bits per heavy atom. The summed E-state index contributed by atoms with van der Waals surface area (Å²) in [6.45, 7) is 6.22. The third kappa shape index (κ3) is 43.0. The van der Waals surface area contributed by atoms with Gasteiger partial charge in [0.1, 0.15) is 13.2 Å². The fourth-order valence-electron chi connectivity index (χ4n) is 5.56. The molecule has 6 heteroatoms. The molecular formula is C51H80O6. The molecule has 0 aromatic rings. The molecule has 0 aromatic heterocycles. The molecule has 0 aromatic carbocycles. The van der Waals surface area contributed by atoms with Crippen molar-refractivity contribution in [1.29, 1.82) is 0 Å². The number of esters is 3. The molecule has 1 unspecified atom stereocenters. The van der Waals surface area contributed by atoms with E-state index in [1.165, 1.54) is 25.7 Å². The maximum atomic E-state index is 12.7. The molecule has 0 saturated heterocycles. The highest BCUT2D eigenvalue weighted by molar-refractivity contribution is 5.71. The minimum absolute atomic E-state index is 0.108. The van der Waals surface area contributed by atoms with Crippen LogP contribution in [0.3, 0.4) is 0 Å². The van der Waals surface area contributed by atoms with E-state index >= 15 is 0 Å². The standard InChI is InChI=1S/C51H80O6/c1-4-7-10-13-16-19-22-24-25-27-29-32-35-38-41-44-50(53)56-47-48(46-55-49(52)43-40-37-34-31-28-21-18-15-12-9-6-3)57-51(54)45-42-39-36-33-30-26-23-20-17-14-11-8-5-2/h7-8,10-11,13-20,22-25,27,29,48H,4-6,9,12,21,26,28,30-47H2,1-3H3/b10-7-,11-8-,16-13-,17-14-,18-15-,22-19-,23-20-,25-24-,29-27-. The average Bonchev–Trinajstić information content (AvgIpc) is 3.21. The summed E-state index contributed by atoms with van der Waals surface area (Å²) in [6, 6.07) is 0. The lowest BCUT2D eigenvalue weighted by Crippen LogP contribution is -2.30. The van der Waals surface area contributed by atoms with Crippen LogP contribution in [-0.2, 0) is 28.6 Å². The lowest BCUT2D eigenvalue weighted by Gasteiger charge is -2.18. The number of ether oxygens (including phenoxy) is 3. The molecule has 0 aliphatic carbocycles. The molecule has 0 amide bonds. The summed E-state index contributed by atoms with van der Waals surface area (Å²) in [6.07, 6.45) is 59.2. The molecule has 0 bridgehead atoms. The molecule has 0 rings (SSSR count). The number of carbonyl (C=O) groups excluding carboxylic acids is 3. The van der Waals surface area contributed by atoms with Crippen LogP contribution in [0.5, 0.6) is 0 Å². The van der Waals surface area contributed by atoms with Crippen LogP contribution in [0.25, 0.3) is 0 Å². The molecular weight excluding hydrogens is 709 g/mol. The van der Waals surface area contributed by atoms with Crippen molar-refractivity contribution < 1.29 is 28.6 Å². The maximum Gasteiger partial charge on any atom is 0.306 e. The molecule has 6 nitrogen and oxygen atoms in total. The van der Waals surface area contributed by atoms with Crippen LogP contribution in [0, 0.1) is 0 Å². The van der Waals surface area contributed by atoms with Crippen molar-refractivity contribution in [3.05, 3.63) is 109 Å². The molecule has 0 aliphatic rings. The fraction of sp³-hybridized carbons (Fsp3) is 0.588. The van der Waals surface area contributed by atoms with Gasteiger partial charge in [0.25, 0.3) is 0 Å². The predicted molar refractivity (Wildman–Crippen MR) is 242 cm³/mol. The fourth-order valence-corrected chi connectivity index (χ4v) is 5.56. The van der Waals surface area contributed by atoms with Crippen molar-refractivity contribution in [2.24, 2.45) is 0 Å². The van der Waals surface area contributed by atoms with Crippen molar-refractivity contribution in [3.63, 3.8) is 0 Å². The van der Waals surface area contributed by atoms with Crippen molar-refractivity contribution in [3.8, 4) is 0 Å². The summed E-state index contributed by atoms with van der Waals surface area (Å²) in [5, 5.41) is 0. The first-order valence-corrected chi connectivity index (χ1v) is 22.5.